The molecule has 8 heteroatoms. The van der Waals surface area contributed by atoms with E-state index in [-0.39, 0.29) is 5.91 Å². The van der Waals surface area contributed by atoms with E-state index in [2.05, 4.69) is 41.4 Å². The van der Waals surface area contributed by atoms with Crippen LogP contribution in [0.2, 0.25) is 0 Å². The van der Waals surface area contributed by atoms with Crippen LogP contribution in [0.3, 0.4) is 0 Å². The van der Waals surface area contributed by atoms with E-state index < -0.39 is 0 Å². The van der Waals surface area contributed by atoms with Crippen LogP contribution in [0.4, 0.5) is 0 Å². The number of nitrogens with zero attached hydrogens (tertiary/aromatic N) is 3. The van der Waals surface area contributed by atoms with Crippen LogP contribution < -0.4 is 5.32 Å². The molecule has 6 nitrogen and oxygen atoms in total. The minimum absolute atomic E-state index is 0.178. The number of pyridine rings is 2. The van der Waals surface area contributed by atoms with Crippen molar-refractivity contribution in [3.05, 3.63) is 64.2 Å². The molecule has 0 atom stereocenters. The van der Waals surface area contributed by atoms with E-state index in [1.807, 2.05) is 18.2 Å². The molecule has 2 aliphatic rings. The highest BCUT2D eigenvalue weighted by Gasteiger charge is 2.22. The minimum atomic E-state index is -0.178. The standard InChI is InChI=1S/C25H24N4O2S2/c1-16-5-6-17-14-18(7-8-29-9-11-31-12-10-29)23(27-21(17)13-16)20-4-2-3-19(26-20)15-22-24(30)28-25(32)33-22/h2-6,13-15H,7-12H2,1H3,(H,28,30,32)/b22-15-. The number of morpholine rings is 1. The summed E-state index contributed by atoms with van der Waals surface area (Å²) < 4.78 is 5.96. The van der Waals surface area contributed by atoms with Crippen LogP contribution in [-0.4, -0.2) is 57.9 Å². The number of amides is 1. The van der Waals surface area contributed by atoms with Crippen molar-refractivity contribution in [2.45, 2.75) is 13.3 Å². The van der Waals surface area contributed by atoms with Crippen LogP contribution in [0, 0.1) is 6.92 Å². The molecule has 168 valence electrons. The molecule has 1 aromatic carbocycles. The monoisotopic (exact) mass is 476 g/mol. The van der Waals surface area contributed by atoms with Crippen molar-refractivity contribution in [3.63, 3.8) is 0 Å². The number of thiocarbonyl (C=S) groups is 1. The first-order chi connectivity index (χ1) is 16.0. The van der Waals surface area contributed by atoms with E-state index in [1.165, 1.54) is 22.9 Å². The molecule has 0 spiro atoms. The molecule has 0 radical (unpaired) electrons. The predicted octanol–water partition coefficient (Wildman–Crippen LogP) is 3.97. The van der Waals surface area contributed by atoms with Crippen molar-refractivity contribution in [2.75, 3.05) is 32.8 Å². The Bertz CT molecular complexity index is 1270. The molecule has 2 fully saturated rings. The van der Waals surface area contributed by atoms with Gasteiger partial charge in [0.2, 0.25) is 0 Å². The van der Waals surface area contributed by atoms with Gasteiger partial charge in [-0.3, -0.25) is 9.69 Å². The van der Waals surface area contributed by atoms with Crippen LogP contribution >= 0.6 is 24.0 Å². The first kappa shape index (κ1) is 22.2. The molecular formula is C25H24N4O2S2. The molecule has 0 saturated carbocycles. The van der Waals surface area contributed by atoms with Crippen molar-refractivity contribution in [2.24, 2.45) is 0 Å². The van der Waals surface area contributed by atoms with E-state index in [0.717, 1.165) is 61.6 Å². The highest BCUT2D eigenvalue weighted by atomic mass is 32.2. The second-order valence-electron chi connectivity index (χ2n) is 8.20. The third-order valence-electron chi connectivity index (χ3n) is 5.79. The molecule has 1 N–H and O–H groups in total. The number of thioether (sulfide) groups is 1. The molecule has 0 aliphatic carbocycles. The number of carbonyl (C=O) groups is 1. The largest absolute Gasteiger partial charge is 0.379 e. The molecular weight excluding hydrogens is 452 g/mol. The summed E-state index contributed by atoms with van der Waals surface area (Å²) >= 11 is 6.36. The zero-order valence-electron chi connectivity index (χ0n) is 18.3. The fourth-order valence-electron chi connectivity index (χ4n) is 4.06. The summed E-state index contributed by atoms with van der Waals surface area (Å²) in [7, 11) is 0. The Balaban J connectivity index is 1.52. The third-order valence-corrected chi connectivity index (χ3v) is 6.95. The van der Waals surface area contributed by atoms with Gasteiger partial charge < -0.3 is 10.1 Å². The van der Waals surface area contributed by atoms with E-state index >= 15 is 0 Å². The van der Waals surface area contributed by atoms with Crippen molar-refractivity contribution in [3.8, 4) is 11.4 Å². The molecule has 2 aliphatic heterocycles. The zero-order valence-corrected chi connectivity index (χ0v) is 20.0. The number of rotatable bonds is 5. The maximum Gasteiger partial charge on any atom is 0.263 e. The Labute approximate surface area is 202 Å². The highest BCUT2D eigenvalue weighted by molar-refractivity contribution is 8.26. The van der Waals surface area contributed by atoms with Gasteiger partial charge in [0.1, 0.15) is 4.32 Å². The van der Waals surface area contributed by atoms with Gasteiger partial charge in [0.15, 0.2) is 0 Å². The van der Waals surface area contributed by atoms with E-state index in [1.54, 1.807) is 6.08 Å². The Morgan fingerprint density at radius 1 is 1.18 bits per heavy atom. The number of hydrogen-bond donors (Lipinski definition) is 1. The Kier molecular flexibility index (Phi) is 6.50. The predicted molar refractivity (Wildman–Crippen MR) is 137 cm³/mol. The number of nitrogens with one attached hydrogen (secondary N) is 1. The van der Waals surface area contributed by atoms with Gasteiger partial charge in [0.05, 0.1) is 40.7 Å². The number of ether oxygens (including phenoxy) is 1. The molecule has 0 unspecified atom stereocenters. The van der Waals surface area contributed by atoms with Crippen molar-refractivity contribution in [1.82, 2.24) is 20.2 Å². The molecule has 33 heavy (non-hydrogen) atoms. The average Bonchev–Trinajstić information content (AvgIpc) is 3.14. The van der Waals surface area contributed by atoms with Crippen LogP contribution in [0.1, 0.15) is 16.8 Å². The van der Waals surface area contributed by atoms with Gasteiger partial charge >= 0.3 is 0 Å². The topological polar surface area (TPSA) is 67.3 Å². The number of hydrogen-bond acceptors (Lipinski definition) is 7. The molecule has 5 rings (SSSR count). The Morgan fingerprint density at radius 2 is 2.03 bits per heavy atom. The van der Waals surface area contributed by atoms with Gasteiger partial charge in [-0.15, -0.1) is 0 Å². The molecule has 2 aromatic heterocycles. The van der Waals surface area contributed by atoms with Crippen molar-refractivity contribution >= 4 is 51.2 Å². The fraction of sp³-hybridized carbons (Fsp3) is 0.280. The molecule has 2 saturated heterocycles. The van der Waals surface area contributed by atoms with Gasteiger partial charge in [-0.05, 0) is 54.8 Å². The van der Waals surface area contributed by atoms with E-state index in [9.17, 15) is 4.79 Å². The second-order valence-corrected chi connectivity index (χ2v) is 9.92. The summed E-state index contributed by atoms with van der Waals surface area (Å²) in [6.45, 7) is 6.52. The first-order valence-corrected chi connectivity index (χ1v) is 12.2. The van der Waals surface area contributed by atoms with E-state index in [4.69, 9.17) is 26.9 Å². The van der Waals surface area contributed by atoms with Crippen LogP contribution in [0.5, 0.6) is 0 Å². The summed E-state index contributed by atoms with van der Waals surface area (Å²) in [5.41, 5.74) is 5.70. The summed E-state index contributed by atoms with van der Waals surface area (Å²) in [6, 6.07) is 14.4. The lowest BCUT2D eigenvalue weighted by Crippen LogP contribution is -2.37. The molecule has 0 bridgehead atoms. The summed E-state index contributed by atoms with van der Waals surface area (Å²) in [4.78, 5) is 24.9. The Morgan fingerprint density at radius 3 is 2.82 bits per heavy atom. The molecule has 4 heterocycles. The third kappa shape index (κ3) is 5.14. The average molecular weight is 477 g/mol. The van der Waals surface area contributed by atoms with Crippen molar-refractivity contribution < 1.29 is 9.53 Å². The van der Waals surface area contributed by atoms with E-state index in [0.29, 0.717) is 14.9 Å². The quantitative estimate of drug-likeness (QED) is 0.441. The lowest BCUT2D eigenvalue weighted by Gasteiger charge is -2.26. The number of aryl methyl sites for hydroxylation is 1. The first-order valence-electron chi connectivity index (χ1n) is 11.0. The minimum Gasteiger partial charge on any atom is -0.379 e. The van der Waals surface area contributed by atoms with Gasteiger partial charge in [0.25, 0.3) is 5.91 Å². The van der Waals surface area contributed by atoms with Crippen LogP contribution in [0.25, 0.3) is 28.4 Å². The number of fused-ring (bicyclic) bond motifs is 1. The summed E-state index contributed by atoms with van der Waals surface area (Å²) in [5.74, 6) is -0.178. The molecule has 1 amide bonds. The Hall–Kier alpha value is -2.65. The van der Waals surface area contributed by atoms with Gasteiger partial charge in [-0.1, -0.05) is 42.2 Å². The van der Waals surface area contributed by atoms with Crippen LogP contribution in [0.15, 0.2) is 47.4 Å². The normalized spacial score (nSPS) is 18.3. The van der Waals surface area contributed by atoms with Gasteiger partial charge in [0, 0.05) is 25.0 Å². The van der Waals surface area contributed by atoms with Gasteiger partial charge in [-0.2, -0.15) is 0 Å². The summed E-state index contributed by atoms with van der Waals surface area (Å²) in [5, 5.41) is 3.78. The number of aromatic nitrogens is 2. The zero-order chi connectivity index (χ0) is 22.8. The van der Waals surface area contributed by atoms with Crippen molar-refractivity contribution in [1.29, 1.82) is 0 Å². The number of carbonyl (C=O) groups excluding carboxylic acids is 1. The lowest BCUT2D eigenvalue weighted by molar-refractivity contribution is -0.115. The highest BCUT2D eigenvalue weighted by Crippen LogP contribution is 2.28. The van der Waals surface area contributed by atoms with Gasteiger partial charge in [-0.25, -0.2) is 9.97 Å². The maximum absolute atomic E-state index is 12.1. The second kappa shape index (κ2) is 9.69. The lowest BCUT2D eigenvalue weighted by atomic mass is 10.0. The number of benzene rings is 1. The maximum atomic E-state index is 12.1. The smallest absolute Gasteiger partial charge is 0.263 e. The summed E-state index contributed by atoms with van der Waals surface area (Å²) in [6.07, 6.45) is 2.66. The fourth-order valence-corrected chi connectivity index (χ4v) is 5.08. The SMILES string of the molecule is Cc1ccc2cc(CCN3CCOCC3)c(-c3cccc(/C=C4\SC(=S)NC4=O)n3)nc2c1. The molecule has 3 aromatic rings. The van der Waals surface area contributed by atoms with Crippen LogP contribution in [-0.2, 0) is 16.0 Å².